The van der Waals surface area contributed by atoms with Crippen molar-refractivity contribution in [2.45, 2.75) is 57.3 Å². The molecule has 2 heterocycles. The zero-order valence-corrected chi connectivity index (χ0v) is 20.2. The number of carbonyl (C=O) groups is 3. The molecule has 2 saturated heterocycles. The summed E-state index contributed by atoms with van der Waals surface area (Å²) in [5.41, 5.74) is 1.07. The van der Waals surface area contributed by atoms with Crippen LogP contribution in [0.15, 0.2) is 23.1 Å². The topological polar surface area (TPSA) is 113 Å². The molecule has 3 rings (SSSR count). The van der Waals surface area contributed by atoms with Gasteiger partial charge in [-0.25, -0.2) is 8.42 Å². The summed E-state index contributed by atoms with van der Waals surface area (Å²) in [4.78, 5) is 38.5. The van der Waals surface area contributed by atoms with E-state index in [9.17, 15) is 22.8 Å². The van der Waals surface area contributed by atoms with Crippen molar-refractivity contribution in [3.8, 4) is 0 Å². The van der Waals surface area contributed by atoms with E-state index in [0.29, 0.717) is 50.3 Å². The zero-order valence-electron chi connectivity index (χ0n) is 19.3. The number of hydrogen-bond acceptors (Lipinski definition) is 6. The van der Waals surface area contributed by atoms with Gasteiger partial charge in [0.25, 0.3) is 5.91 Å². The van der Waals surface area contributed by atoms with E-state index in [2.05, 4.69) is 5.32 Å². The first-order valence-electron chi connectivity index (χ1n) is 11.6. The van der Waals surface area contributed by atoms with E-state index in [1.807, 2.05) is 0 Å². The van der Waals surface area contributed by atoms with Crippen molar-refractivity contribution >= 4 is 33.5 Å². The summed E-state index contributed by atoms with van der Waals surface area (Å²) >= 11 is 0. The van der Waals surface area contributed by atoms with Crippen LogP contribution in [0.3, 0.4) is 0 Å². The molecule has 0 aromatic heterocycles. The van der Waals surface area contributed by atoms with Crippen LogP contribution in [-0.2, 0) is 29.1 Å². The molecule has 9 nitrogen and oxygen atoms in total. The predicted molar refractivity (Wildman–Crippen MR) is 123 cm³/mol. The Balaban J connectivity index is 1.58. The highest BCUT2D eigenvalue weighted by Crippen LogP contribution is 2.25. The number of likely N-dealkylation sites (tertiary alicyclic amines) is 1. The van der Waals surface area contributed by atoms with Gasteiger partial charge in [0.1, 0.15) is 0 Å². The van der Waals surface area contributed by atoms with Crippen molar-refractivity contribution in [2.75, 3.05) is 38.1 Å². The van der Waals surface area contributed by atoms with Crippen molar-refractivity contribution < 1.29 is 27.5 Å². The maximum atomic E-state index is 12.9. The molecule has 10 heteroatoms. The van der Waals surface area contributed by atoms with Crippen molar-refractivity contribution in [2.24, 2.45) is 5.92 Å². The third-order valence-electron chi connectivity index (χ3n) is 6.19. The summed E-state index contributed by atoms with van der Waals surface area (Å²) in [6, 6.07) is 4.65. The van der Waals surface area contributed by atoms with E-state index in [1.165, 1.54) is 10.4 Å². The molecule has 2 fully saturated rings. The minimum atomic E-state index is -3.63. The first-order chi connectivity index (χ1) is 15.7. The average molecular weight is 480 g/mol. The highest BCUT2D eigenvalue weighted by Gasteiger charge is 2.30. The molecule has 2 aliphatic heterocycles. The monoisotopic (exact) mass is 479 g/mol. The first-order valence-corrected chi connectivity index (χ1v) is 13.0. The van der Waals surface area contributed by atoms with Gasteiger partial charge in [-0.3, -0.25) is 14.4 Å². The second-order valence-corrected chi connectivity index (χ2v) is 10.6. The quantitative estimate of drug-likeness (QED) is 0.601. The molecule has 1 atom stereocenters. The molecule has 1 N–H and O–H groups in total. The van der Waals surface area contributed by atoms with E-state index in [0.717, 1.165) is 25.7 Å². The van der Waals surface area contributed by atoms with Gasteiger partial charge in [0.15, 0.2) is 6.61 Å². The Morgan fingerprint density at radius 2 is 1.82 bits per heavy atom. The normalized spacial score (nSPS) is 19.7. The Morgan fingerprint density at radius 1 is 1.09 bits per heavy atom. The second kappa shape index (κ2) is 11.1. The number of nitrogens with zero attached hydrogens (tertiary/aromatic N) is 2. The smallest absolute Gasteiger partial charge is 0.311 e. The molecule has 0 bridgehead atoms. The van der Waals surface area contributed by atoms with Crippen LogP contribution in [0.1, 0.15) is 51.0 Å². The SMILES string of the molecule is CCC(=O)N1CCCC(C(=O)OCC(=O)Nc2cc(S(=O)(=O)N3CCCCC3)ccc2C)C1. The summed E-state index contributed by atoms with van der Waals surface area (Å²) in [6.07, 6.45) is 4.42. The molecular weight excluding hydrogens is 446 g/mol. The molecule has 2 amide bonds. The number of ether oxygens (including phenoxy) is 1. The number of benzene rings is 1. The Morgan fingerprint density at radius 3 is 2.52 bits per heavy atom. The zero-order chi connectivity index (χ0) is 24.0. The second-order valence-electron chi connectivity index (χ2n) is 8.63. The van der Waals surface area contributed by atoms with E-state index in [1.54, 1.807) is 30.9 Å². The van der Waals surface area contributed by atoms with Crippen LogP contribution in [-0.4, -0.2) is 68.2 Å². The number of aryl methyl sites for hydroxylation is 1. The van der Waals surface area contributed by atoms with Crippen LogP contribution in [0.4, 0.5) is 5.69 Å². The molecule has 1 aromatic rings. The molecule has 2 aliphatic rings. The van der Waals surface area contributed by atoms with Gasteiger partial charge in [-0.15, -0.1) is 0 Å². The maximum Gasteiger partial charge on any atom is 0.311 e. The summed E-state index contributed by atoms with van der Waals surface area (Å²) in [5.74, 6) is -1.49. The van der Waals surface area contributed by atoms with E-state index in [-0.39, 0.29) is 10.8 Å². The first kappa shape index (κ1) is 25.2. The standard InChI is InChI=1S/C23H33N3O6S/c1-3-22(28)25-11-7-8-18(15-25)23(29)32-16-21(27)24-20-14-19(10-9-17(20)2)33(30,31)26-12-5-4-6-13-26/h9-10,14,18H,3-8,11-13,15-16H2,1-2H3,(H,24,27). The van der Waals surface area contributed by atoms with Crippen molar-refractivity contribution in [1.82, 2.24) is 9.21 Å². The number of nitrogens with one attached hydrogen (secondary N) is 1. The van der Waals surface area contributed by atoms with Gasteiger partial charge in [0, 0.05) is 38.3 Å². The number of anilines is 1. The van der Waals surface area contributed by atoms with Crippen LogP contribution in [0.5, 0.6) is 0 Å². The molecule has 0 radical (unpaired) electrons. The Bertz CT molecular complexity index is 988. The molecule has 182 valence electrons. The van der Waals surface area contributed by atoms with E-state index >= 15 is 0 Å². The van der Waals surface area contributed by atoms with Crippen LogP contribution in [0, 0.1) is 12.8 Å². The third kappa shape index (κ3) is 6.32. The highest BCUT2D eigenvalue weighted by atomic mass is 32.2. The molecule has 0 saturated carbocycles. The largest absolute Gasteiger partial charge is 0.455 e. The molecule has 0 aliphatic carbocycles. The van der Waals surface area contributed by atoms with Crippen molar-refractivity contribution in [1.29, 1.82) is 0 Å². The fourth-order valence-electron chi connectivity index (χ4n) is 4.21. The maximum absolute atomic E-state index is 12.9. The molecule has 33 heavy (non-hydrogen) atoms. The van der Waals surface area contributed by atoms with Crippen LogP contribution >= 0.6 is 0 Å². The summed E-state index contributed by atoms with van der Waals surface area (Å²) < 4.78 is 32.5. The van der Waals surface area contributed by atoms with Gasteiger partial charge in [-0.1, -0.05) is 19.4 Å². The number of hydrogen-bond donors (Lipinski definition) is 1. The Labute approximate surface area is 195 Å². The van der Waals surface area contributed by atoms with Crippen LogP contribution in [0.2, 0.25) is 0 Å². The number of carbonyl (C=O) groups excluding carboxylic acids is 3. The Kier molecular flexibility index (Phi) is 8.47. The third-order valence-corrected chi connectivity index (χ3v) is 8.09. The number of amides is 2. The number of sulfonamides is 1. The minimum Gasteiger partial charge on any atom is -0.455 e. The van der Waals surface area contributed by atoms with Gasteiger partial charge in [-0.05, 0) is 50.3 Å². The lowest BCUT2D eigenvalue weighted by Crippen LogP contribution is -2.42. The van der Waals surface area contributed by atoms with Crippen LogP contribution < -0.4 is 5.32 Å². The van der Waals surface area contributed by atoms with E-state index in [4.69, 9.17) is 4.74 Å². The van der Waals surface area contributed by atoms with Gasteiger partial charge >= 0.3 is 5.97 Å². The lowest BCUT2D eigenvalue weighted by Gasteiger charge is -2.31. The summed E-state index contributed by atoms with van der Waals surface area (Å²) in [6.45, 7) is 5.01. The number of piperidine rings is 2. The van der Waals surface area contributed by atoms with Gasteiger partial charge < -0.3 is 15.0 Å². The highest BCUT2D eigenvalue weighted by molar-refractivity contribution is 7.89. The molecule has 0 spiro atoms. The fourth-order valence-corrected chi connectivity index (χ4v) is 5.75. The van der Waals surface area contributed by atoms with Crippen molar-refractivity contribution in [3.05, 3.63) is 23.8 Å². The van der Waals surface area contributed by atoms with Gasteiger partial charge in [0.2, 0.25) is 15.9 Å². The fraction of sp³-hybridized carbons (Fsp3) is 0.609. The van der Waals surface area contributed by atoms with Crippen LogP contribution in [0.25, 0.3) is 0 Å². The number of rotatable bonds is 7. The molecule has 1 unspecified atom stereocenters. The van der Waals surface area contributed by atoms with Gasteiger partial charge in [-0.2, -0.15) is 4.31 Å². The van der Waals surface area contributed by atoms with E-state index < -0.39 is 34.4 Å². The summed E-state index contributed by atoms with van der Waals surface area (Å²) in [7, 11) is -3.63. The molecule has 1 aromatic carbocycles. The lowest BCUT2D eigenvalue weighted by molar-refractivity contribution is -0.154. The predicted octanol–water partition coefficient (Wildman–Crippen LogP) is 2.30. The number of esters is 1. The molecular formula is C23H33N3O6S. The lowest BCUT2D eigenvalue weighted by atomic mass is 9.98. The summed E-state index contributed by atoms with van der Waals surface area (Å²) in [5, 5.41) is 2.66. The minimum absolute atomic E-state index is 0.0000978. The Hall–Kier alpha value is -2.46. The van der Waals surface area contributed by atoms with Gasteiger partial charge in [0.05, 0.1) is 10.8 Å². The average Bonchev–Trinajstić information content (AvgIpc) is 2.83. The van der Waals surface area contributed by atoms with Crippen molar-refractivity contribution in [3.63, 3.8) is 0 Å².